The van der Waals surface area contributed by atoms with Gasteiger partial charge in [0, 0.05) is 33.5 Å². The van der Waals surface area contributed by atoms with E-state index >= 15 is 0 Å². The summed E-state index contributed by atoms with van der Waals surface area (Å²) in [5.74, 6) is -4.37. The first-order valence-corrected chi connectivity index (χ1v) is 22.5. The van der Waals surface area contributed by atoms with Gasteiger partial charge in [-0.25, -0.2) is 0 Å². The van der Waals surface area contributed by atoms with Crippen molar-refractivity contribution in [2.24, 2.45) is 0 Å². The maximum absolute atomic E-state index is 10.9. The molecule has 0 saturated heterocycles. The number of para-hydroxylation sites is 2. The van der Waals surface area contributed by atoms with E-state index in [1.165, 1.54) is 21.9 Å². The molecule has 7 nitrogen and oxygen atoms in total. The van der Waals surface area contributed by atoms with E-state index in [2.05, 4.69) is 210 Å². The van der Waals surface area contributed by atoms with E-state index < -0.39 is 34.2 Å². The minimum Gasteiger partial charge on any atom is -0.504 e. The molecule has 11 aromatic rings. The molecule has 0 radical (unpaired) electrons. The summed E-state index contributed by atoms with van der Waals surface area (Å²) in [4.78, 5) is 2.18. The summed E-state index contributed by atoms with van der Waals surface area (Å²) in [6.45, 7) is 0. The Bertz CT molecular complexity index is 3610. The van der Waals surface area contributed by atoms with Gasteiger partial charge in [0.1, 0.15) is 0 Å². The minimum absolute atomic E-state index is 0.214. The van der Waals surface area contributed by atoms with E-state index in [-0.39, 0.29) is 5.56 Å². The number of aromatic hydroxyl groups is 5. The van der Waals surface area contributed by atoms with Crippen molar-refractivity contribution in [3.8, 4) is 67.8 Å². The standard InChI is InChI=1S/C61H42N2O5/c64-56-55(57(65)59(67)60(68)58(56)66)39-28-32-44(33-29-39)62(43-30-26-38(27-31-43)40-14-13-19-45(36-40)63-53-24-11-8-21-49(53)50-22-9-12-25-54(50)63)46-34-35-48-47-20-7-10-23-51(47)61(52(48)37-46,41-15-3-1-4-16-41)42-17-5-2-6-18-42/h1-37,64-68H. The second-order valence-corrected chi connectivity index (χ2v) is 17.2. The molecule has 0 fully saturated rings. The van der Waals surface area contributed by atoms with Crippen molar-refractivity contribution in [3.05, 3.63) is 247 Å². The SMILES string of the molecule is Oc1c(O)c(O)c(-c2ccc(N(c3ccc(-c4cccc(-n5c6ccccc6c6ccccc65)c4)cc3)c3ccc4c(c3)C(c3ccccc3)(c3ccccc3)c3ccccc3-4)cc2)c(O)c1O. The van der Waals surface area contributed by atoms with Crippen LogP contribution in [0.2, 0.25) is 0 Å². The molecule has 5 N–H and O–H groups in total. The Morgan fingerprint density at radius 1 is 0.338 bits per heavy atom. The lowest BCUT2D eigenvalue weighted by atomic mass is 9.67. The number of rotatable bonds is 8. The largest absolute Gasteiger partial charge is 0.504 e. The molecule has 68 heavy (non-hydrogen) atoms. The van der Waals surface area contributed by atoms with Gasteiger partial charge in [-0.2, -0.15) is 0 Å². The second-order valence-electron chi connectivity index (χ2n) is 17.2. The smallest absolute Gasteiger partial charge is 0.208 e. The molecule has 0 atom stereocenters. The van der Waals surface area contributed by atoms with Gasteiger partial charge in [0.25, 0.3) is 0 Å². The fourth-order valence-corrected chi connectivity index (χ4v) is 10.6. The predicted molar refractivity (Wildman–Crippen MR) is 272 cm³/mol. The van der Waals surface area contributed by atoms with Crippen molar-refractivity contribution in [2.45, 2.75) is 5.41 Å². The summed E-state index contributed by atoms with van der Waals surface area (Å²) >= 11 is 0. The number of aromatic nitrogens is 1. The topological polar surface area (TPSA) is 109 Å². The molecule has 10 aromatic carbocycles. The molecule has 1 aliphatic carbocycles. The molecule has 0 aliphatic heterocycles. The van der Waals surface area contributed by atoms with Gasteiger partial charge in [-0.05, 0) is 111 Å². The van der Waals surface area contributed by atoms with Crippen LogP contribution in [0.25, 0.3) is 60.9 Å². The van der Waals surface area contributed by atoms with Crippen molar-refractivity contribution < 1.29 is 25.5 Å². The Kier molecular flexibility index (Phi) is 9.34. The van der Waals surface area contributed by atoms with Gasteiger partial charge in [-0.1, -0.05) is 164 Å². The number of anilines is 3. The Labute approximate surface area is 392 Å². The quantitative estimate of drug-likeness (QED) is 0.0768. The van der Waals surface area contributed by atoms with E-state index in [0.29, 0.717) is 5.56 Å². The summed E-state index contributed by atoms with van der Waals surface area (Å²) in [5.41, 5.74) is 14.4. The van der Waals surface area contributed by atoms with E-state index in [9.17, 15) is 25.5 Å². The first-order chi connectivity index (χ1) is 33.3. The first-order valence-electron chi connectivity index (χ1n) is 22.5. The lowest BCUT2D eigenvalue weighted by Crippen LogP contribution is -2.28. The van der Waals surface area contributed by atoms with Crippen LogP contribution in [-0.4, -0.2) is 30.1 Å². The van der Waals surface area contributed by atoms with Crippen LogP contribution in [0, 0.1) is 0 Å². The maximum atomic E-state index is 10.9. The molecule has 0 saturated carbocycles. The molecule has 1 aromatic heterocycles. The maximum Gasteiger partial charge on any atom is 0.208 e. The lowest BCUT2D eigenvalue weighted by Gasteiger charge is -2.35. The number of nitrogens with zero attached hydrogens (tertiary/aromatic N) is 2. The zero-order valence-electron chi connectivity index (χ0n) is 36.5. The zero-order chi connectivity index (χ0) is 46.1. The highest BCUT2D eigenvalue weighted by molar-refractivity contribution is 6.09. The monoisotopic (exact) mass is 882 g/mol. The third-order valence-electron chi connectivity index (χ3n) is 13.6. The lowest BCUT2D eigenvalue weighted by molar-refractivity contribution is 0.330. The van der Waals surface area contributed by atoms with Crippen LogP contribution in [-0.2, 0) is 5.41 Å². The number of hydrogen-bond donors (Lipinski definition) is 5. The third kappa shape index (κ3) is 6.06. The average Bonchev–Trinajstić information content (AvgIpc) is 3.89. The first kappa shape index (κ1) is 40.3. The second kappa shape index (κ2) is 15.8. The fourth-order valence-electron chi connectivity index (χ4n) is 10.6. The number of phenols is 5. The van der Waals surface area contributed by atoms with Crippen LogP contribution in [0.3, 0.4) is 0 Å². The number of fused-ring (bicyclic) bond motifs is 6. The molecule has 0 unspecified atom stereocenters. The predicted octanol–water partition coefficient (Wildman–Crippen LogP) is 14.5. The molecule has 326 valence electrons. The summed E-state index contributed by atoms with van der Waals surface area (Å²) in [6, 6.07) is 77.9. The summed E-state index contributed by atoms with van der Waals surface area (Å²) in [6.07, 6.45) is 0. The van der Waals surface area contributed by atoms with Gasteiger partial charge in [0.15, 0.2) is 11.5 Å². The Hall–Kier alpha value is -9.20. The molecule has 0 bridgehead atoms. The fraction of sp³-hybridized carbons (Fsp3) is 0.0164. The Morgan fingerprint density at radius 2 is 0.824 bits per heavy atom. The van der Waals surface area contributed by atoms with Gasteiger partial charge >= 0.3 is 0 Å². The molecular weight excluding hydrogens is 841 g/mol. The van der Waals surface area contributed by atoms with E-state index in [4.69, 9.17) is 0 Å². The Morgan fingerprint density at radius 3 is 1.43 bits per heavy atom. The van der Waals surface area contributed by atoms with Crippen molar-refractivity contribution in [2.75, 3.05) is 4.90 Å². The van der Waals surface area contributed by atoms with Crippen LogP contribution in [0.4, 0.5) is 17.1 Å². The van der Waals surface area contributed by atoms with Crippen LogP contribution >= 0.6 is 0 Å². The van der Waals surface area contributed by atoms with Crippen molar-refractivity contribution in [1.29, 1.82) is 0 Å². The summed E-state index contributed by atoms with van der Waals surface area (Å²) in [5, 5.41) is 55.1. The van der Waals surface area contributed by atoms with Gasteiger partial charge < -0.3 is 35.0 Å². The number of hydrogen-bond acceptors (Lipinski definition) is 6. The van der Waals surface area contributed by atoms with E-state index in [1.54, 1.807) is 12.1 Å². The van der Waals surface area contributed by atoms with Gasteiger partial charge in [-0.3, -0.25) is 0 Å². The van der Waals surface area contributed by atoms with Crippen molar-refractivity contribution >= 4 is 38.9 Å². The zero-order valence-corrected chi connectivity index (χ0v) is 36.5. The van der Waals surface area contributed by atoms with Gasteiger partial charge in [0.2, 0.25) is 17.2 Å². The number of benzene rings is 10. The normalized spacial score (nSPS) is 12.5. The van der Waals surface area contributed by atoms with Crippen LogP contribution < -0.4 is 4.90 Å². The highest BCUT2D eigenvalue weighted by Crippen LogP contribution is 2.58. The molecule has 12 rings (SSSR count). The van der Waals surface area contributed by atoms with E-state index in [1.807, 2.05) is 12.1 Å². The van der Waals surface area contributed by atoms with Crippen molar-refractivity contribution in [3.63, 3.8) is 0 Å². The Balaban J connectivity index is 1.02. The van der Waals surface area contributed by atoms with Crippen LogP contribution in [0.1, 0.15) is 22.3 Å². The molecule has 0 amide bonds. The van der Waals surface area contributed by atoms with Gasteiger partial charge in [-0.15, -0.1) is 0 Å². The number of phenolic OH excluding ortho intramolecular Hbond substituents is 5. The average molecular weight is 883 g/mol. The highest BCUT2D eigenvalue weighted by atomic mass is 16.4. The molecule has 1 aliphatic rings. The molecule has 0 spiro atoms. The van der Waals surface area contributed by atoms with Gasteiger partial charge in [0.05, 0.1) is 22.0 Å². The third-order valence-corrected chi connectivity index (χ3v) is 13.6. The minimum atomic E-state index is -1.01. The van der Waals surface area contributed by atoms with Crippen LogP contribution in [0.5, 0.6) is 28.7 Å². The molecular formula is C61H42N2O5. The molecule has 7 heteroatoms. The van der Waals surface area contributed by atoms with Crippen LogP contribution in [0.15, 0.2) is 224 Å². The summed E-state index contributed by atoms with van der Waals surface area (Å²) < 4.78 is 2.32. The highest BCUT2D eigenvalue weighted by Gasteiger charge is 2.46. The summed E-state index contributed by atoms with van der Waals surface area (Å²) in [7, 11) is 0. The van der Waals surface area contributed by atoms with E-state index in [0.717, 1.165) is 67.2 Å². The molecule has 1 heterocycles. The van der Waals surface area contributed by atoms with Crippen molar-refractivity contribution in [1.82, 2.24) is 4.57 Å².